The third-order valence-electron chi connectivity index (χ3n) is 4.58. The molecule has 1 aliphatic rings. The molecule has 2 aromatic carbocycles. The van der Waals surface area contributed by atoms with Crippen LogP contribution in [0.1, 0.15) is 34.3 Å². The van der Waals surface area contributed by atoms with Crippen LogP contribution in [-0.4, -0.2) is 15.7 Å². The molecule has 0 radical (unpaired) electrons. The van der Waals surface area contributed by atoms with Crippen molar-refractivity contribution < 1.29 is 4.79 Å². The van der Waals surface area contributed by atoms with Gasteiger partial charge in [-0.1, -0.05) is 23.7 Å². The molecule has 0 bridgehead atoms. The number of nitrogens with one attached hydrogen (secondary N) is 1. The molecule has 5 heteroatoms. The van der Waals surface area contributed by atoms with Gasteiger partial charge in [-0.25, -0.2) is 4.68 Å². The molecule has 0 atom stereocenters. The molecule has 4 nitrogen and oxygen atoms in total. The molecular formula is C20H18ClN3O. The van der Waals surface area contributed by atoms with Crippen LogP contribution in [0, 0.1) is 0 Å². The second-order valence-electron chi connectivity index (χ2n) is 6.25. The van der Waals surface area contributed by atoms with Crippen molar-refractivity contribution in [2.75, 3.05) is 5.32 Å². The number of fused-ring (bicyclic) bond motifs is 1. The lowest BCUT2D eigenvalue weighted by atomic mass is 9.90. The van der Waals surface area contributed by atoms with Crippen LogP contribution in [0.2, 0.25) is 5.02 Å². The Morgan fingerprint density at radius 2 is 1.88 bits per heavy atom. The minimum Gasteiger partial charge on any atom is -0.322 e. The number of hydrogen-bond acceptors (Lipinski definition) is 2. The van der Waals surface area contributed by atoms with Gasteiger partial charge in [-0.3, -0.25) is 4.79 Å². The molecule has 1 heterocycles. The van der Waals surface area contributed by atoms with Gasteiger partial charge in [-0.05, 0) is 67.1 Å². The first-order chi connectivity index (χ1) is 12.2. The summed E-state index contributed by atoms with van der Waals surface area (Å²) in [6, 6.07) is 13.5. The second kappa shape index (κ2) is 6.73. The summed E-state index contributed by atoms with van der Waals surface area (Å²) in [5.41, 5.74) is 4.93. The van der Waals surface area contributed by atoms with Crippen LogP contribution in [-0.2, 0) is 12.8 Å². The number of carbonyl (C=O) groups is 1. The van der Waals surface area contributed by atoms with E-state index in [1.165, 1.54) is 24.0 Å². The largest absolute Gasteiger partial charge is 0.322 e. The van der Waals surface area contributed by atoms with Gasteiger partial charge in [-0.2, -0.15) is 5.10 Å². The Bertz CT molecular complexity index is 915. The van der Waals surface area contributed by atoms with Crippen molar-refractivity contribution in [3.8, 4) is 5.69 Å². The highest BCUT2D eigenvalue weighted by Crippen LogP contribution is 2.28. The fourth-order valence-corrected chi connectivity index (χ4v) is 3.39. The highest BCUT2D eigenvalue weighted by Gasteiger charge is 2.16. The maximum atomic E-state index is 12.6. The summed E-state index contributed by atoms with van der Waals surface area (Å²) in [7, 11) is 0. The number of halogens is 1. The fourth-order valence-electron chi connectivity index (χ4n) is 3.27. The fraction of sp³-hybridized carbons (Fsp3) is 0.200. The van der Waals surface area contributed by atoms with Gasteiger partial charge >= 0.3 is 0 Å². The first kappa shape index (κ1) is 15.9. The second-order valence-corrected chi connectivity index (χ2v) is 6.69. The number of rotatable bonds is 3. The highest BCUT2D eigenvalue weighted by atomic mass is 35.5. The van der Waals surface area contributed by atoms with Crippen molar-refractivity contribution in [2.45, 2.75) is 25.7 Å². The van der Waals surface area contributed by atoms with Crippen molar-refractivity contribution in [1.82, 2.24) is 9.78 Å². The zero-order valence-corrected chi connectivity index (χ0v) is 14.5. The third kappa shape index (κ3) is 3.30. The monoisotopic (exact) mass is 351 g/mol. The molecule has 0 fully saturated rings. The van der Waals surface area contributed by atoms with Crippen LogP contribution >= 0.6 is 11.6 Å². The van der Waals surface area contributed by atoms with E-state index in [2.05, 4.69) is 16.5 Å². The standard InChI is InChI=1S/C20H18ClN3O/c21-16-8-10-17(11-9-16)24-13-15(12-22-24)20(25)23-19-7-3-5-14-4-1-2-6-18(14)19/h3,5,7-13H,1-2,4,6H2,(H,23,25). The molecule has 1 N–H and O–H groups in total. The van der Waals surface area contributed by atoms with Crippen molar-refractivity contribution in [2.24, 2.45) is 0 Å². The summed E-state index contributed by atoms with van der Waals surface area (Å²) >= 11 is 5.91. The van der Waals surface area contributed by atoms with Crippen LogP contribution < -0.4 is 5.32 Å². The number of aryl methyl sites for hydroxylation is 1. The normalized spacial score (nSPS) is 13.3. The SMILES string of the molecule is O=C(Nc1cccc2c1CCCC2)c1cnn(-c2ccc(Cl)cc2)c1. The first-order valence-corrected chi connectivity index (χ1v) is 8.81. The van der Waals surface area contributed by atoms with Crippen molar-refractivity contribution in [3.63, 3.8) is 0 Å². The lowest BCUT2D eigenvalue weighted by Gasteiger charge is -2.19. The summed E-state index contributed by atoms with van der Waals surface area (Å²) in [6.07, 6.45) is 7.82. The maximum absolute atomic E-state index is 12.6. The molecule has 0 unspecified atom stereocenters. The number of benzene rings is 2. The lowest BCUT2D eigenvalue weighted by Crippen LogP contribution is -2.15. The van der Waals surface area contributed by atoms with Gasteiger partial charge < -0.3 is 5.32 Å². The van der Waals surface area contributed by atoms with Gasteiger partial charge in [0.05, 0.1) is 17.4 Å². The van der Waals surface area contributed by atoms with Crippen LogP contribution in [0.5, 0.6) is 0 Å². The highest BCUT2D eigenvalue weighted by molar-refractivity contribution is 6.30. The van der Waals surface area contributed by atoms with Crippen LogP contribution in [0.4, 0.5) is 5.69 Å². The summed E-state index contributed by atoms with van der Waals surface area (Å²) in [5.74, 6) is -0.140. The van der Waals surface area contributed by atoms with Gasteiger partial charge in [-0.15, -0.1) is 0 Å². The summed E-state index contributed by atoms with van der Waals surface area (Å²) in [4.78, 5) is 12.6. The van der Waals surface area contributed by atoms with Gasteiger partial charge in [0, 0.05) is 16.9 Å². The van der Waals surface area contributed by atoms with Gasteiger partial charge in [0.25, 0.3) is 5.91 Å². The number of hydrogen-bond donors (Lipinski definition) is 1. The van der Waals surface area contributed by atoms with E-state index < -0.39 is 0 Å². The lowest BCUT2D eigenvalue weighted by molar-refractivity contribution is 0.102. The molecular weight excluding hydrogens is 334 g/mol. The Balaban J connectivity index is 1.55. The van der Waals surface area contributed by atoms with Gasteiger partial charge in [0.1, 0.15) is 0 Å². The molecule has 0 saturated heterocycles. The molecule has 1 aromatic heterocycles. The van der Waals surface area contributed by atoms with E-state index >= 15 is 0 Å². The maximum Gasteiger partial charge on any atom is 0.258 e. The molecule has 1 aliphatic carbocycles. The Hall–Kier alpha value is -2.59. The predicted molar refractivity (Wildman–Crippen MR) is 99.6 cm³/mol. The van der Waals surface area contributed by atoms with E-state index in [0.717, 1.165) is 24.2 Å². The minimum atomic E-state index is -0.140. The molecule has 1 amide bonds. The smallest absolute Gasteiger partial charge is 0.258 e. The Kier molecular flexibility index (Phi) is 4.28. The summed E-state index contributed by atoms with van der Waals surface area (Å²) in [5, 5.41) is 8.00. The van der Waals surface area contributed by atoms with E-state index in [9.17, 15) is 4.79 Å². The van der Waals surface area contributed by atoms with E-state index in [0.29, 0.717) is 10.6 Å². The van der Waals surface area contributed by atoms with Crippen LogP contribution in [0.15, 0.2) is 54.9 Å². The number of amides is 1. The Morgan fingerprint density at radius 1 is 1.08 bits per heavy atom. The molecule has 0 aliphatic heterocycles. The zero-order chi connectivity index (χ0) is 17.2. The van der Waals surface area contributed by atoms with Crippen molar-refractivity contribution in [1.29, 1.82) is 0 Å². The van der Waals surface area contributed by atoms with E-state index in [-0.39, 0.29) is 5.91 Å². The molecule has 126 valence electrons. The van der Waals surface area contributed by atoms with E-state index in [4.69, 9.17) is 11.6 Å². The number of anilines is 1. The molecule has 25 heavy (non-hydrogen) atoms. The third-order valence-corrected chi connectivity index (χ3v) is 4.83. The molecule has 0 saturated carbocycles. The van der Waals surface area contributed by atoms with Crippen molar-refractivity contribution in [3.05, 3.63) is 76.6 Å². The molecule has 3 aromatic rings. The summed E-state index contributed by atoms with van der Waals surface area (Å²) in [6.45, 7) is 0. The number of aromatic nitrogens is 2. The predicted octanol–water partition coefficient (Wildman–Crippen LogP) is 4.66. The van der Waals surface area contributed by atoms with Crippen molar-refractivity contribution >= 4 is 23.2 Å². The first-order valence-electron chi connectivity index (χ1n) is 8.43. The topological polar surface area (TPSA) is 46.9 Å². The number of nitrogens with zero attached hydrogens (tertiary/aromatic N) is 2. The zero-order valence-electron chi connectivity index (χ0n) is 13.7. The average molecular weight is 352 g/mol. The van der Waals surface area contributed by atoms with E-state index in [1.807, 2.05) is 24.3 Å². The Labute approximate surface area is 151 Å². The minimum absolute atomic E-state index is 0.140. The van der Waals surface area contributed by atoms with Gasteiger partial charge in [0.15, 0.2) is 0 Å². The molecule has 0 spiro atoms. The van der Waals surface area contributed by atoms with Crippen LogP contribution in [0.3, 0.4) is 0 Å². The van der Waals surface area contributed by atoms with E-state index in [1.54, 1.807) is 29.2 Å². The quantitative estimate of drug-likeness (QED) is 0.746. The average Bonchev–Trinajstić information content (AvgIpc) is 3.13. The Morgan fingerprint density at radius 3 is 2.72 bits per heavy atom. The summed E-state index contributed by atoms with van der Waals surface area (Å²) < 4.78 is 1.67. The van der Waals surface area contributed by atoms with Crippen LogP contribution in [0.25, 0.3) is 5.69 Å². The van der Waals surface area contributed by atoms with Gasteiger partial charge in [0.2, 0.25) is 0 Å². The molecule has 4 rings (SSSR count). The number of carbonyl (C=O) groups excluding carboxylic acids is 1.